The van der Waals surface area contributed by atoms with Crippen LogP contribution in [0.3, 0.4) is 0 Å². The maximum absolute atomic E-state index is 5.86. The summed E-state index contributed by atoms with van der Waals surface area (Å²) in [6.07, 6.45) is 8.40. The highest BCUT2D eigenvalue weighted by molar-refractivity contribution is 5.15. The van der Waals surface area contributed by atoms with E-state index in [0.29, 0.717) is 12.1 Å². The lowest BCUT2D eigenvalue weighted by molar-refractivity contribution is -0.0274. The summed E-state index contributed by atoms with van der Waals surface area (Å²) >= 11 is 0. The van der Waals surface area contributed by atoms with Crippen molar-refractivity contribution in [1.82, 2.24) is 14.8 Å². The van der Waals surface area contributed by atoms with E-state index in [-0.39, 0.29) is 0 Å². The number of ether oxygens (including phenoxy) is 1. The summed E-state index contributed by atoms with van der Waals surface area (Å²) in [4.78, 5) is 2.35. The molecule has 1 aromatic rings. The third-order valence-electron chi connectivity index (χ3n) is 4.15. The SMILES string of the molecule is CCCNC(CCC)c1ccn(CC2CN(C)CCO2)c1. The van der Waals surface area contributed by atoms with Gasteiger partial charge in [-0.15, -0.1) is 0 Å². The molecule has 0 aromatic carbocycles. The number of hydrogen-bond donors (Lipinski definition) is 1. The summed E-state index contributed by atoms with van der Waals surface area (Å²) < 4.78 is 8.14. The van der Waals surface area contributed by atoms with Crippen LogP contribution in [0.15, 0.2) is 18.5 Å². The molecule has 1 saturated heterocycles. The molecule has 1 fully saturated rings. The van der Waals surface area contributed by atoms with Gasteiger partial charge in [0.05, 0.1) is 12.7 Å². The van der Waals surface area contributed by atoms with Gasteiger partial charge in [0.1, 0.15) is 0 Å². The second-order valence-corrected chi connectivity index (χ2v) is 6.19. The minimum absolute atomic E-state index is 0.317. The minimum Gasteiger partial charge on any atom is -0.374 e. The van der Waals surface area contributed by atoms with Crippen LogP contribution in [0.1, 0.15) is 44.7 Å². The molecule has 21 heavy (non-hydrogen) atoms. The Labute approximate surface area is 129 Å². The van der Waals surface area contributed by atoms with Crippen LogP contribution in [0.25, 0.3) is 0 Å². The van der Waals surface area contributed by atoms with Crippen molar-refractivity contribution in [3.63, 3.8) is 0 Å². The van der Waals surface area contributed by atoms with E-state index < -0.39 is 0 Å². The van der Waals surface area contributed by atoms with Gasteiger partial charge in [0.25, 0.3) is 0 Å². The van der Waals surface area contributed by atoms with Gasteiger partial charge in [-0.25, -0.2) is 0 Å². The summed E-state index contributed by atoms with van der Waals surface area (Å²) in [6, 6.07) is 2.75. The zero-order valence-corrected chi connectivity index (χ0v) is 13.8. The van der Waals surface area contributed by atoms with Crippen LogP contribution in [0.2, 0.25) is 0 Å². The zero-order valence-electron chi connectivity index (χ0n) is 13.8. The second kappa shape index (κ2) is 8.57. The van der Waals surface area contributed by atoms with E-state index in [9.17, 15) is 0 Å². The van der Waals surface area contributed by atoms with E-state index in [1.165, 1.54) is 24.8 Å². The predicted molar refractivity (Wildman–Crippen MR) is 87.6 cm³/mol. The number of hydrogen-bond acceptors (Lipinski definition) is 3. The standard InChI is InChI=1S/C17H31N3O/c1-4-6-17(18-8-5-2)15-7-9-20(12-15)14-16-13-19(3)10-11-21-16/h7,9,12,16-18H,4-6,8,10-11,13-14H2,1-3H3. The number of nitrogens with one attached hydrogen (secondary N) is 1. The first kappa shape index (κ1) is 16.5. The zero-order chi connectivity index (χ0) is 15.1. The molecule has 120 valence electrons. The van der Waals surface area contributed by atoms with Crippen molar-refractivity contribution in [2.75, 3.05) is 33.3 Å². The first-order chi connectivity index (χ1) is 10.2. The third-order valence-corrected chi connectivity index (χ3v) is 4.15. The van der Waals surface area contributed by atoms with Crippen LogP contribution in [0.5, 0.6) is 0 Å². The molecular weight excluding hydrogens is 262 g/mol. The van der Waals surface area contributed by atoms with Crippen molar-refractivity contribution in [3.05, 3.63) is 24.0 Å². The molecule has 2 atom stereocenters. The van der Waals surface area contributed by atoms with Gasteiger partial charge in [-0.3, -0.25) is 0 Å². The van der Waals surface area contributed by atoms with Crippen LogP contribution in [-0.4, -0.2) is 48.9 Å². The molecular formula is C17H31N3O. The van der Waals surface area contributed by atoms with E-state index in [2.05, 4.69) is 54.1 Å². The molecule has 0 radical (unpaired) electrons. The summed E-state index contributed by atoms with van der Waals surface area (Å²) in [7, 11) is 2.17. The first-order valence-electron chi connectivity index (χ1n) is 8.42. The van der Waals surface area contributed by atoms with Gasteiger partial charge in [0.2, 0.25) is 0 Å². The van der Waals surface area contributed by atoms with Crippen molar-refractivity contribution in [2.24, 2.45) is 0 Å². The maximum Gasteiger partial charge on any atom is 0.0880 e. The van der Waals surface area contributed by atoms with Crippen LogP contribution < -0.4 is 5.32 Å². The Hall–Kier alpha value is -0.840. The van der Waals surface area contributed by atoms with Crippen LogP contribution in [0, 0.1) is 0 Å². The molecule has 1 N–H and O–H groups in total. The molecule has 4 nitrogen and oxygen atoms in total. The Morgan fingerprint density at radius 2 is 2.24 bits per heavy atom. The van der Waals surface area contributed by atoms with Gasteiger partial charge >= 0.3 is 0 Å². The van der Waals surface area contributed by atoms with Crippen LogP contribution in [-0.2, 0) is 11.3 Å². The highest BCUT2D eigenvalue weighted by Crippen LogP contribution is 2.19. The van der Waals surface area contributed by atoms with Gasteiger partial charge in [-0.1, -0.05) is 20.3 Å². The molecule has 2 unspecified atom stereocenters. The van der Waals surface area contributed by atoms with Crippen molar-refractivity contribution in [3.8, 4) is 0 Å². The quantitative estimate of drug-likeness (QED) is 0.799. The largest absolute Gasteiger partial charge is 0.374 e. The van der Waals surface area contributed by atoms with Gasteiger partial charge in [-0.05, 0) is 38.1 Å². The van der Waals surface area contributed by atoms with E-state index in [1.54, 1.807) is 0 Å². The predicted octanol–water partition coefficient (Wildman–Crippen LogP) is 2.66. The van der Waals surface area contributed by atoms with E-state index in [4.69, 9.17) is 4.74 Å². The number of nitrogens with zero attached hydrogens (tertiary/aromatic N) is 2. The first-order valence-corrected chi connectivity index (χ1v) is 8.42. The van der Waals surface area contributed by atoms with Gasteiger partial charge in [0.15, 0.2) is 0 Å². The molecule has 1 aliphatic heterocycles. The lowest BCUT2D eigenvalue weighted by atomic mass is 10.1. The molecule has 4 heteroatoms. The highest BCUT2D eigenvalue weighted by atomic mass is 16.5. The van der Waals surface area contributed by atoms with Crippen LogP contribution in [0.4, 0.5) is 0 Å². The van der Waals surface area contributed by atoms with E-state index in [1.807, 2.05) is 0 Å². The fourth-order valence-corrected chi connectivity index (χ4v) is 2.99. The average molecular weight is 293 g/mol. The Morgan fingerprint density at radius 1 is 1.38 bits per heavy atom. The monoisotopic (exact) mass is 293 g/mol. The highest BCUT2D eigenvalue weighted by Gasteiger charge is 2.18. The van der Waals surface area contributed by atoms with Crippen LogP contribution >= 0.6 is 0 Å². The summed E-state index contributed by atoms with van der Waals surface area (Å²) in [5, 5.41) is 3.66. The summed E-state index contributed by atoms with van der Waals surface area (Å²) in [5.41, 5.74) is 1.41. The normalized spacial score (nSPS) is 21.6. The Kier molecular flexibility index (Phi) is 6.74. The van der Waals surface area contributed by atoms with E-state index in [0.717, 1.165) is 32.8 Å². The molecule has 0 bridgehead atoms. The fourth-order valence-electron chi connectivity index (χ4n) is 2.99. The van der Waals surface area contributed by atoms with Gasteiger partial charge in [0, 0.05) is 38.1 Å². The number of rotatable bonds is 8. The third kappa shape index (κ3) is 5.13. The fraction of sp³-hybridized carbons (Fsp3) is 0.765. The lowest BCUT2D eigenvalue weighted by Crippen LogP contribution is -2.41. The number of aromatic nitrogens is 1. The van der Waals surface area contributed by atoms with Crippen molar-refractivity contribution in [2.45, 2.75) is 51.8 Å². The molecule has 0 amide bonds. The minimum atomic E-state index is 0.317. The van der Waals surface area contributed by atoms with Gasteiger partial charge in [-0.2, -0.15) is 0 Å². The number of morpholine rings is 1. The summed E-state index contributed by atoms with van der Waals surface area (Å²) in [5.74, 6) is 0. The molecule has 0 saturated carbocycles. The van der Waals surface area contributed by atoms with Gasteiger partial charge < -0.3 is 19.5 Å². The number of likely N-dealkylation sites (N-methyl/N-ethyl adjacent to an activating group) is 1. The second-order valence-electron chi connectivity index (χ2n) is 6.19. The van der Waals surface area contributed by atoms with Crippen molar-refractivity contribution >= 4 is 0 Å². The Bertz CT molecular complexity index is 404. The summed E-state index contributed by atoms with van der Waals surface area (Å²) in [6.45, 7) is 9.45. The van der Waals surface area contributed by atoms with E-state index >= 15 is 0 Å². The molecule has 2 rings (SSSR count). The molecule has 0 aliphatic carbocycles. The molecule has 0 spiro atoms. The topological polar surface area (TPSA) is 29.4 Å². The lowest BCUT2D eigenvalue weighted by Gasteiger charge is -2.30. The van der Waals surface area contributed by atoms with Crippen molar-refractivity contribution in [1.29, 1.82) is 0 Å². The molecule has 1 aromatic heterocycles. The Morgan fingerprint density at radius 3 is 2.95 bits per heavy atom. The Balaban J connectivity index is 1.92. The average Bonchev–Trinajstić information content (AvgIpc) is 2.92. The van der Waals surface area contributed by atoms with Crippen molar-refractivity contribution < 1.29 is 4.74 Å². The molecule has 1 aliphatic rings. The molecule has 2 heterocycles. The smallest absolute Gasteiger partial charge is 0.0880 e. The maximum atomic E-state index is 5.86.